The van der Waals surface area contributed by atoms with Crippen molar-refractivity contribution in [3.63, 3.8) is 0 Å². The maximum atomic E-state index is 12.2. The molecule has 0 aliphatic heterocycles. The van der Waals surface area contributed by atoms with E-state index < -0.39 is 0 Å². The lowest BCUT2D eigenvalue weighted by atomic mass is 10.2. The van der Waals surface area contributed by atoms with Crippen LogP contribution in [0.1, 0.15) is 5.56 Å². The number of likely N-dealkylation sites (N-methyl/N-ethyl adjacent to an activating group) is 1. The van der Waals surface area contributed by atoms with Gasteiger partial charge in [0.2, 0.25) is 0 Å². The van der Waals surface area contributed by atoms with E-state index in [-0.39, 0.29) is 12.5 Å². The molecule has 5 heteroatoms. The standard InChI is InChI=1S/C18H18N2O2S/c1-20(18-19-15-9-5-6-10-16(15)23-18)17(21)13-22-12-11-14-7-3-2-4-8-14/h2-10H,11-13H2,1H3. The number of nitrogens with zero attached hydrogens (tertiary/aromatic N) is 2. The molecular weight excluding hydrogens is 308 g/mol. The smallest absolute Gasteiger partial charge is 0.254 e. The first-order valence-corrected chi connectivity index (χ1v) is 8.29. The van der Waals surface area contributed by atoms with Crippen LogP contribution >= 0.6 is 11.3 Å². The molecular formula is C18H18N2O2S. The highest BCUT2D eigenvalue weighted by Crippen LogP contribution is 2.27. The minimum absolute atomic E-state index is 0.0687. The van der Waals surface area contributed by atoms with Gasteiger partial charge in [0.1, 0.15) is 6.61 Å². The predicted octanol–water partition coefficient (Wildman–Crippen LogP) is 3.52. The Balaban J connectivity index is 1.51. The molecule has 0 N–H and O–H groups in total. The number of amides is 1. The molecule has 0 atom stereocenters. The van der Waals surface area contributed by atoms with Crippen LogP contribution in [0.2, 0.25) is 0 Å². The first-order valence-electron chi connectivity index (χ1n) is 7.48. The number of fused-ring (bicyclic) bond motifs is 1. The summed E-state index contributed by atoms with van der Waals surface area (Å²) in [7, 11) is 1.74. The largest absolute Gasteiger partial charge is 0.371 e. The van der Waals surface area contributed by atoms with Crippen molar-refractivity contribution in [1.29, 1.82) is 0 Å². The van der Waals surface area contributed by atoms with Crippen LogP contribution in [-0.2, 0) is 16.0 Å². The molecule has 0 aliphatic carbocycles. The number of aromatic nitrogens is 1. The number of para-hydroxylation sites is 1. The second kappa shape index (κ2) is 7.35. The number of carbonyl (C=O) groups excluding carboxylic acids is 1. The first-order chi connectivity index (χ1) is 11.2. The van der Waals surface area contributed by atoms with Crippen LogP contribution in [0.5, 0.6) is 0 Å². The predicted molar refractivity (Wildman–Crippen MR) is 94.0 cm³/mol. The molecule has 0 bridgehead atoms. The molecule has 0 saturated heterocycles. The molecule has 0 aliphatic rings. The van der Waals surface area contributed by atoms with Gasteiger partial charge in [-0.1, -0.05) is 53.8 Å². The van der Waals surface area contributed by atoms with E-state index in [9.17, 15) is 4.79 Å². The van der Waals surface area contributed by atoms with Gasteiger partial charge in [0.25, 0.3) is 5.91 Å². The van der Waals surface area contributed by atoms with Crippen molar-refractivity contribution < 1.29 is 9.53 Å². The van der Waals surface area contributed by atoms with Crippen LogP contribution < -0.4 is 4.90 Å². The highest BCUT2D eigenvalue weighted by Gasteiger charge is 2.15. The minimum Gasteiger partial charge on any atom is -0.371 e. The van der Waals surface area contributed by atoms with E-state index in [0.29, 0.717) is 11.7 Å². The van der Waals surface area contributed by atoms with E-state index >= 15 is 0 Å². The van der Waals surface area contributed by atoms with Gasteiger partial charge in [-0.25, -0.2) is 4.98 Å². The lowest BCUT2D eigenvalue weighted by molar-refractivity contribution is -0.122. The zero-order chi connectivity index (χ0) is 16.1. The van der Waals surface area contributed by atoms with Gasteiger partial charge in [-0.05, 0) is 24.1 Å². The number of anilines is 1. The molecule has 23 heavy (non-hydrogen) atoms. The molecule has 3 aromatic rings. The van der Waals surface area contributed by atoms with Crippen molar-refractivity contribution in [3.8, 4) is 0 Å². The van der Waals surface area contributed by atoms with Gasteiger partial charge < -0.3 is 4.74 Å². The van der Waals surface area contributed by atoms with Crippen LogP contribution in [-0.4, -0.2) is 31.2 Å². The van der Waals surface area contributed by atoms with Crippen LogP contribution in [0.3, 0.4) is 0 Å². The average molecular weight is 326 g/mol. The maximum Gasteiger partial charge on any atom is 0.254 e. The molecule has 0 saturated carbocycles. The van der Waals surface area contributed by atoms with Gasteiger partial charge in [0.05, 0.1) is 16.8 Å². The summed E-state index contributed by atoms with van der Waals surface area (Å²) in [6, 6.07) is 18.0. The summed E-state index contributed by atoms with van der Waals surface area (Å²) in [6.07, 6.45) is 0.805. The summed E-state index contributed by atoms with van der Waals surface area (Å²) in [5.74, 6) is -0.0860. The summed E-state index contributed by atoms with van der Waals surface area (Å²) in [5, 5.41) is 0.697. The molecule has 0 fully saturated rings. The first kappa shape index (κ1) is 15.6. The van der Waals surface area contributed by atoms with E-state index in [1.54, 1.807) is 11.9 Å². The van der Waals surface area contributed by atoms with Crippen molar-refractivity contribution in [3.05, 3.63) is 60.2 Å². The van der Waals surface area contributed by atoms with Crippen molar-refractivity contribution in [2.45, 2.75) is 6.42 Å². The topological polar surface area (TPSA) is 42.4 Å². The van der Waals surface area contributed by atoms with E-state index in [2.05, 4.69) is 17.1 Å². The summed E-state index contributed by atoms with van der Waals surface area (Å²) in [6.45, 7) is 0.600. The normalized spacial score (nSPS) is 10.8. The van der Waals surface area contributed by atoms with E-state index in [4.69, 9.17) is 4.74 Å². The van der Waals surface area contributed by atoms with Crippen molar-refractivity contribution >= 4 is 32.6 Å². The third kappa shape index (κ3) is 3.94. The van der Waals surface area contributed by atoms with Gasteiger partial charge in [0, 0.05) is 7.05 Å². The van der Waals surface area contributed by atoms with Crippen molar-refractivity contribution in [2.24, 2.45) is 0 Å². The third-order valence-electron chi connectivity index (χ3n) is 3.55. The van der Waals surface area contributed by atoms with Crippen molar-refractivity contribution in [2.75, 3.05) is 25.2 Å². The Hall–Kier alpha value is -2.24. The van der Waals surface area contributed by atoms with Gasteiger partial charge in [-0.3, -0.25) is 9.69 Å². The summed E-state index contributed by atoms with van der Waals surface area (Å²) in [4.78, 5) is 18.2. The third-order valence-corrected chi connectivity index (χ3v) is 4.66. The van der Waals surface area contributed by atoms with Gasteiger partial charge in [-0.2, -0.15) is 0 Å². The summed E-state index contributed by atoms with van der Waals surface area (Å²) >= 11 is 1.51. The van der Waals surface area contributed by atoms with Crippen LogP contribution in [0.25, 0.3) is 10.2 Å². The van der Waals surface area contributed by atoms with Gasteiger partial charge >= 0.3 is 0 Å². The Morgan fingerprint density at radius 2 is 1.87 bits per heavy atom. The molecule has 1 amide bonds. The Bertz CT molecular complexity index is 753. The number of ether oxygens (including phenoxy) is 1. The lowest BCUT2D eigenvalue weighted by Crippen LogP contribution is -2.30. The Kier molecular flexibility index (Phi) is 5.00. The number of hydrogen-bond acceptors (Lipinski definition) is 4. The second-order valence-electron chi connectivity index (χ2n) is 5.21. The van der Waals surface area contributed by atoms with Gasteiger partial charge in [0.15, 0.2) is 5.13 Å². The second-order valence-corrected chi connectivity index (χ2v) is 6.21. The summed E-state index contributed by atoms with van der Waals surface area (Å²) < 4.78 is 6.58. The highest BCUT2D eigenvalue weighted by atomic mass is 32.1. The number of benzene rings is 2. The zero-order valence-electron chi connectivity index (χ0n) is 12.9. The fourth-order valence-electron chi connectivity index (χ4n) is 2.20. The monoisotopic (exact) mass is 326 g/mol. The fraction of sp³-hybridized carbons (Fsp3) is 0.222. The minimum atomic E-state index is -0.0860. The lowest BCUT2D eigenvalue weighted by Gasteiger charge is -2.13. The van der Waals surface area contributed by atoms with E-state index in [1.165, 1.54) is 16.9 Å². The molecule has 118 valence electrons. The van der Waals surface area contributed by atoms with Crippen LogP contribution in [0.4, 0.5) is 5.13 Å². The van der Waals surface area contributed by atoms with Gasteiger partial charge in [-0.15, -0.1) is 0 Å². The zero-order valence-corrected chi connectivity index (χ0v) is 13.8. The molecule has 4 nitrogen and oxygen atoms in total. The Morgan fingerprint density at radius 1 is 1.13 bits per heavy atom. The number of carbonyl (C=O) groups is 1. The average Bonchev–Trinajstić information content (AvgIpc) is 3.03. The molecule has 1 aromatic heterocycles. The highest BCUT2D eigenvalue weighted by molar-refractivity contribution is 7.22. The number of thiazole rings is 1. The molecule has 0 spiro atoms. The Labute approximate surface area is 139 Å². The van der Waals surface area contributed by atoms with Crippen molar-refractivity contribution in [1.82, 2.24) is 4.98 Å². The molecule has 2 aromatic carbocycles. The molecule has 0 radical (unpaired) electrons. The van der Waals surface area contributed by atoms with Crippen LogP contribution in [0.15, 0.2) is 54.6 Å². The number of hydrogen-bond donors (Lipinski definition) is 0. The Morgan fingerprint density at radius 3 is 2.65 bits per heavy atom. The summed E-state index contributed by atoms with van der Waals surface area (Å²) in [5.41, 5.74) is 2.12. The fourth-order valence-corrected chi connectivity index (χ4v) is 3.15. The SMILES string of the molecule is CN(C(=O)COCCc1ccccc1)c1nc2ccccc2s1. The molecule has 3 rings (SSSR count). The quantitative estimate of drug-likeness (QED) is 0.651. The van der Waals surface area contributed by atoms with E-state index in [0.717, 1.165) is 16.6 Å². The molecule has 0 unspecified atom stereocenters. The van der Waals surface area contributed by atoms with E-state index in [1.807, 2.05) is 42.5 Å². The number of rotatable bonds is 6. The molecule has 1 heterocycles. The van der Waals surface area contributed by atoms with Crippen LogP contribution in [0, 0.1) is 0 Å². The maximum absolute atomic E-state index is 12.2.